The van der Waals surface area contributed by atoms with Crippen LogP contribution in [0.15, 0.2) is 18.3 Å². The van der Waals surface area contributed by atoms with E-state index in [1.54, 1.807) is 0 Å². The lowest BCUT2D eigenvalue weighted by molar-refractivity contribution is 0.131. The van der Waals surface area contributed by atoms with Crippen LogP contribution < -0.4 is 10.2 Å². The van der Waals surface area contributed by atoms with Gasteiger partial charge in [0.15, 0.2) is 0 Å². The van der Waals surface area contributed by atoms with Gasteiger partial charge in [-0.05, 0) is 44.9 Å². The number of hydrogen-bond acceptors (Lipinski definition) is 4. The molecule has 1 aromatic rings. The van der Waals surface area contributed by atoms with Crippen molar-refractivity contribution in [2.75, 3.05) is 38.8 Å². The fraction of sp³-hybridized carbons (Fsp3) is 0.667. The van der Waals surface area contributed by atoms with E-state index in [0.29, 0.717) is 6.04 Å². The summed E-state index contributed by atoms with van der Waals surface area (Å²) in [6, 6.07) is 4.50. The Morgan fingerprint density at radius 1 is 1.47 bits per heavy atom. The van der Waals surface area contributed by atoms with E-state index in [2.05, 4.69) is 41.3 Å². The van der Waals surface area contributed by atoms with E-state index in [-0.39, 0.29) is 0 Å². The molecule has 0 aromatic carbocycles. The van der Waals surface area contributed by atoms with Gasteiger partial charge < -0.3 is 15.0 Å². The van der Waals surface area contributed by atoms with Gasteiger partial charge in [0.1, 0.15) is 0 Å². The number of anilines is 1. The van der Waals surface area contributed by atoms with Gasteiger partial charge in [-0.25, -0.2) is 0 Å². The Bertz CT molecular complexity index is 375. The van der Waals surface area contributed by atoms with Crippen LogP contribution in [0.1, 0.15) is 31.5 Å². The lowest BCUT2D eigenvalue weighted by atomic mass is 10.2. The third-order valence-electron chi connectivity index (χ3n) is 3.71. The second-order valence-electron chi connectivity index (χ2n) is 5.39. The smallest absolute Gasteiger partial charge is 0.0641 e. The van der Waals surface area contributed by atoms with Gasteiger partial charge in [0.2, 0.25) is 0 Å². The highest BCUT2D eigenvalue weighted by molar-refractivity contribution is 5.43. The van der Waals surface area contributed by atoms with E-state index < -0.39 is 0 Å². The Labute approximate surface area is 116 Å². The summed E-state index contributed by atoms with van der Waals surface area (Å²) in [6.45, 7) is 4.75. The molecule has 19 heavy (non-hydrogen) atoms. The molecule has 1 aliphatic rings. The van der Waals surface area contributed by atoms with E-state index in [4.69, 9.17) is 4.74 Å². The van der Waals surface area contributed by atoms with Gasteiger partial charge in [-0.3, -0.25) is 4.98 Å². The molecule has 1 aliphatic carbocycles. The molecule has 1 fully saturated rings. The summed E-state index contributed by atoms with van der Waals surface area (Å²) >= 11 is 0. The first-order valence-electron chi connectivity index (χ1n) is 7.13. The molecule has 0 radical (unpaired) electrons. The number of nitrogens with zero attached hydrogens (tertiary/aromatic N) is 2. The molecule has 0 bridgehead atoms. The molecular weight excluding hydrogens is 238 g/mol. The number of pyridine rings is 1. The predicted molar refractivity (Wildman–Crippen MR) is 78.5 cm³/mol. The zero-order chi connectivity index (χ0) is 13.7. The van der Waals surface area contributed by atoms with Crippen molar-refractivity contribution in [2.45, 2.75) is 25.8 Å². The molecule has 0 amide bonds. The predicted octanol–water partition coefficient (Wildman–Crippen LogP) is 2.22. The largest absolute Gasteiger partial charge is 0.379 e. The Balaban J connectivity index is 1.75. The second kappa shape index (κ2) is 6.87. The fourth-order valence-corrected chi connectivity index (χ4v) is 1.89. The number of hydrogen-bond donors (Lipinski definition) is 1. The summed E-state index contributed by atoms with van der Waals surface area (Å²) in [7, 11) is 4.03. The molecule has 1 unspecified atom stereocenters. The lowest BCUT2D eigenvalue weighted by Gasteiger charge is -2.19. The monoisotopic (exact) mass is 263 g/mol. The minimum Gasteiger partial charge on any atom is -0.379 e. The number of ether oxygens (including phenoxy) is 1. The van der Waals surface area contributed by atoms with E-state index >= 15 is 0 Å². The lowest BCUT2D eigenvalue weighted by Crippen LogP contribution is -2.23. The summed E-state index contributed by atoms with van der Waals surface area (Å²) in [6.07, 6.45) is 4.64. The highest BCUT2D eigenvalue weighted by Gasteiger charge is 2.20. The second-order valence-corrected chi connectivity index (χ2v) is 5.39. The van der Waals surface area contributed by atoms with Crippen LogP contribution in [0.5, 0.6) is 0 Å². The standard InChI is InChI=1S/C15H25N3O/c1-12(16-2)15-7-6-14(10-17-15)18(3)8-9-19-11-13-4-5-13/h6-7,10,12-13,16H,4-5,8-9,11H2,1-3H3. The van der Waals surface area contributed by atoms with Crippen LogP contribution in [-0.4, -0.2) is 38.8 Å². The molecule has 0 spiro atoms. The van der Waals surface area contributed by atoms with Crippen molar-refractivity contribution < 1.29 is 4.74 Å². The summed E-state index contributed by atoms with van der Waals surface area (Å²) in [4.78, 5) is 6.68. The Kier molecular flexibility index (Phi) is 5.16. The number of nitrogens with one attached hydrogen (secondary N) is 1. The Hall–Kier alpha value is -1.13. The third-order valence-corrected chi connectivity index (χ3v) is 3.71. The van der Waals surface area contributed by atoms with E-state index in [0.717, 1.165) is 37.1 Å². The van der Waals surface area contributed by atoms with E-state index in [1.807, 2.05) is 13.2 Å². The molecule has 0 aliphatic heterocycles. The van der Waals surface area contributed by atoms with Crippen LogP contribution >= 0.6 is 0 Å². The summed E-state index contributed by atoms with van der Waals surface area (Å²) in [5.41, 5.74) is 2.21. The molecular formula is C15H25N3O. The van der Waals surface area contributed by atoms with Gasteiger partial charge >= 0.3 is 0 Å². The Morgan fingerprint density at radius 3 is 2.84 bits per heavy atom. The highest BCUT2D eigenvalue weighted by atomic mass is 16.5. The van der Waals surface area contributed by atoms with Crippen molar-refractivity contribution in [1.29, 1.82) is 0 Å². The average Bonchev–Trinajstić information content (AvgIpc) is 3.27. The molecule has 1 aromatic heterocycles. The first-order valence-corrected chi connectivity index (χ1v) is 7.13. The van der Waals surface area contributed by atoms with Crippen molar-refractivity contribution in [3.05, 3.63) is 24.0 Å². The summed E-state index contributed by atoms with van der Waals surface area (Å²) in [5, 5.41) is 3.19. The molecule has 4 nitrogen and oxygen atoms in total. The molecule has 106 valence electrons. The van der Waals surface area contributed by atoms with Gasteiger partial charge in [-0.15, -0.1) is 0 Å². The van der Waals surface area contributed by atoms with Crippen molar-refractivity contribution in [3.63, 3.8) is 0 Å². The van der Waals surface area contributed by atoms with Crippen LogP contribution in [0.25, 0.3) is 0 Å². The van der Waals surface area contributed by atoms with Crippen LogP contribution in [0.2, 0.25) is 0 Å². The van der Waals surface area contributed by atoms with E-state index in [9.17, 15) is 0 Å². The van der Waals surface area contributed by atoms with Gasteiger partial charge in [0.25, 0.3) is 0 Å². The van der Waals surface area contributed by atoms with E-state index in [1.165, 1.54) is 12.8 Å². The van der Waals surface area contributed by atoms with Crippen molar-refractivity contribution in [3.8, 4) is 0 Å². The molecule has 4 heteroatoms. The van der Waals surface area contributed by atoms with Crippen LogP contribution in [0, 0.1) is 5.92 Å². The normalized spacial score (nSPS) is 16.4. The Morgan fingerprint density at radius 2 is 2.26 bits per heavy atom. The van der Waals surface area contributed by atoms with Gasteiger partial charge in [0, 0.05) is 26.2 Å². The topological polar surface area (TPSA) is 37.4 Å². The molecule has 1 N–H and O–H groups in total. The number of rotatable bonds is 8. The van der Waals surface area contributed by atoms with Crippen LogP contribution in [0.4, 0.5) is 5.69 Å². The number of aromatic nitrogens is 1. The van der Waals surface area contributed by atoms with Gasteiger partial charge in [-0.1, -0.05) is 0 Å². The van der Waals surface area contributed by atoms with Gasteiger partial charge in [-0.2, -0.15) is 0 Å². The molecule has 1 saturated carbocycles. The van der Waals surface area contributed by atoms with Crippen molar-refractivity contribution in [2.24, 2.45) is 5.92 Å². The SMILES string of the molecule is CNC(C)c1ccc(N(C)CCOCC2CC2)cn1. The summed E-state index contributed by atoms with van der Waals surface area (Å²) in [5.74, 6) is 0.842. The molecule has 2 rings (SSSR count). The minimum atomic E-state index is 0.293. The molecule has 1 atom stereocenters. The van der Waals surface area contributed by atoms with Crippen molar-refractivity contribution in [1.82, 2.24) is 10.3 Å². The molecule has 1 heterocycles. The van der Waals surface area contributed by atoms with Crippen LogP contribution in [-0.2, 0) is 4.74 Å². The maximum atomic E-state index is 5.66. The third kappa shape index (κ3) is 4.48. The van der Waals surface area contributed by atoms with Gasteiger partial charge in [0.05, 0.1) is 24.2 Å². The zero-order valence-corrected chi connectivity index (χ0v) is 12.2. The minimum absolute atomic E-state index is 0.293. The summed E-state index contributed by atoms with van der Waals surface area (Å²) < 4.78 is 5.66. The fourth-order valence-electron chi connectivity index (χ4n) is 1.89. The quantitative estimate of drug-likeness (QED) is 0.730. The van der Waals surface area contributed by atoms with Crippen molar-refractivity contribution >= 4 is 5.69 Å². The number of likely N-dealkylation sites (N-methyl/N-ethyl adjacent to an activating group) is 1. The maximum absolute atomic E-state index is 5.66. The first kappa shape index (κ1) is 14.3. The maximum Gasteiger partial charge on any atom is 0.0641 e. The highest BCUT2D eigenvalue weighted by Crippen LogP contribution is 2.28. The zero-order valence-electron chi connectivity index (χ0n) is 12.2. The average molecular weight is 263 g/mol. The van der Waals surface area contributed by atoms with Crippen LogP contribution in [0.3, 0.4) is 0 Å². The molecule has 0 saturated heterocycles. The first-order chi connectivity index (χ1) is 9.20.